The SMILES string of the molecule is CC(C)(C)c1c[c-](C(C)(C)C)cc(C(C)(C)C)c1=P[S-].[C-]#[N+]C(C)(C)C.[C-]#[O+].[C-]#[O+].[Mo+2].[Mo+2].c1cc[cH-]c1.c1cc[cH-]c1. The monoisotopic (exact) mass is 773 g/mol. The van der Waals surface area contributed by atoms with Gasteiger partial charge in [0.05, 0.1) is 0 Å². The van der Waals surface area contributed by atoms with Crippen molar-refractivity contribution >= 4 is 19.7 Å². The van der Waals surface area contributed by atoms with Gasteiger partial charge in [0.1, 0.15) is 0 Å². The van der Waals surface area contributed by atoms with Gasteiger partial charge in [-0.1, -0.05) is 78.6 Å². The van der Waals surface area contributed by atoms with Crippen LogP contribution in [0.3, 0.4) is 0 Å². The number of nitrogens with zero attached hydrogens (tertiary/aromatic N) is 1. The van der Waals surface area contributed by atoms with E-state index in [0.29, 0.717) is 0 Å². The van der Waals surface area contributed by atoms with Gasteiger partial charge < -0.3 is 17.1 Å². The zero-order valence-corrected chi connectivity index (χ0v) is 33.1. The Kier molecular flexibility index (Phi) is 30.4. The minimum atomic E-state index is -0.167. The third-order valence-electron chi connectivity index (χ3n) is 5.13. The van der Waals surface area contributed by atoms with E-state index in [9.17, 15) is 0 Å². The van der Waals surface area contributed by atoms with Gasteiger partial charge in [-0.2, -0.15) is 48.5 Å². The normalized spacial score (nSPS) is 10.1. The van der Waals surface area contributed by atoms with E-state index in [1.54, 1.807) is 0 Å². The van der Waals surface area contributed by atoms with E-state index in [-0.39, 0.29) is 63.9 Å². The molecule has 0 radical (unpaired) electrons. The first-order chi connectivity index (χ1) is 18.3. The van der Waals surface area contributed by atoms with Crippen molar-refractivity contribution in [1.29, 1.82) is 0 Å². The quantitative estimate of drug-likeness (QED) is 0.0738. The summed E-state index contributed by atoms with van der Waals surface area (Å²) in [6, 6.07) is 24.8. The molecule has 0 fully saturated rings. The Balaban J connectivity index is -0.000000169. The molecule has 0 N–H and O–H groups in total. The van der Waals surface area contributed by atoms with Gasteiger partial charge >= 0.3 is 64.7 Å². The van der Waals surface area contributed by atoms with Crippen LogP contribution in [0.2, 0.25) is 0 Å². The molecule has 0 saturated carbocycles. The first kappa shape index (κ1) is 50.5. The predicted molar refractivity (Wildman–Crippen MR) is 174 cm³/mol. The molecule has 3 aromatic carbocycles. The molecular weight excluding hydrogens is 721 g/mol. The van der Waals surface area contributed by atoms with Crippen LogP contribution in [0, 0.1) is 24.8 Å². The maximum Gasteiger partial charge on any atom is 2.00 e. The average Bonchev–Trinajstić information content (AvgIpc) is 3.63. The smallest absolute Gasteiger partial charge is 0.214 e. The van der Waals surface area contributed by atoms with E-state index < -0.39 is 0 Å². The minimum absolute atomic E-state index is 0. The molecule has 3 aromatic rings. The summed E-state index contributed by atoms with van der Waals surface area (Å²) in [5.74, 6) is 0. The van der Waals surface area contributed by atoms with Crippen LogP contribution in [0.5, 0.6) is 0 Å². The largest absolute Gasteiger partial charge is 2.00 e. The van der Waals surface area contributed by atoms with Crippen molar-refractivity contribution in [3.8, 4) is 0 Å². The van der Waals surface area contributed by atoms with E-state index in [4.69, 9.17) is 28.1 Å². The van der Waals surface area contributed by atoms with Crippen LogP contribution in [0.1, 0.15) is 99.8 Å². The summed E-state index contributed by atoms with van der Waals surface area (Å²) in [6.07, 6.45) is 0. The van der Waals surface area contributed by atoms with Gasteiger partial charge in [0.2, 0.25) is 5.54 Å². The second kappa shape index (κ2) is 25.3. The van der Waals surface area contributed by atoms with Crippen LogP contribution in [-0.4, -0.2) is 5.54 Å². The van der Waals surface area contributed by atoms with Crippen LogP contribution in [0.4, 0.5) is 0 Å². The summed E-state index contributed by atoms with van der Waals surface area (Å²) in [5.41, 5.74) is 4.48. The summed E-state index contributed by atoms with van der Waals surface area (Å²) in [5, 5.41) is 0. The van der Waals surface area contributed by atoms with Crippen LogP contribution in [0.15, 0.2) is 72.8 Å². The number of hydrogen-bond donors (Lipinski definition) is 0. The van der Waals surface area contributed by atoms with Crippen molar-refractivity contribution < 1.29 is 51.4 Å². The molecule has 0 heterocycles. The molecule has 0 saturated heterocycles. The molecule has 42 heavy (non-hydrogen) atoms. The summed E-state index contributed by atoms with van der Waals surface area (Å²) in [4.78, 5) is 4.61. The molecule has 3 rings (SSSR count). The van der Waals surface area contributed by atoms with Gasteiger partial charge in [-0.25, -0.2) is 30.8 Å². The number of benzene rings is 1. The molecule has 0 aliphatic rings. The van der Waals surface area contributed by atoms with Gasteiger partial charge in [0, 0.05) is 20.8 Å². The summed E-state index contributed by atoms with van der Waals surface area (Å²) < 4.78 is 15.0. The van der Waals surface area contributed by atoms with Crippen LogP contribution >= 0.6 is 7.41 Å². The molecule has 0 spiro atoms. The maximum absolute atomic E-state index is 7.50. The standard InChI is InChI=1S/C18H29PS.C5H9N.2C5H5.2CO.2Mo/c1-16(2,3)12-10-13(17(4,5)6)15(19-20)14(11-12)18(7,8)9;1-5(2,3)6-4;2*1-2-4-5-3-1;2*1-2;;/h10-11H,1-9H3;1-3H3;2*1-5H;;;;/q-2;;2*-1;;;2*+2. The van der Waals surface area contributed by atoms with Gasteiger partial charge in [-0.15, -0.1) is 21.6 Å². The summed E-state index contributed by atoms with van der Waals surface area (Å²) >= 11 is 5.44. The van der Waals surface area contributed by atoms with E-state index in [1.807, 2.05) is 81.4 Å². The maximum atomic E-state index is 7.50. The van der Waals surface area contributed by atoms with Gasteiger partial charge in [0.25, 0.3) is 0 Å². The topological polar surface area (TPSA) is 44.2 Å². The van der Waals surface area contributed by atoms with Crippen molar-refractivity contribution in [3.05, 3.63) is 119 Å². The molecule has 0 unspecified atom stereocenters. The van der Waals surface area contributed by atoms with E-state index in [2.05, 4.69) is 92.6 Å². The molecule has 228 valence electrons. The third-order valence-corrected chi connectivity index (χ3v) is 6.34. The second-order valence-corrected chi connectivity index (χ2v) is 14.1. The van der Waals surface area contributed by atoms with E-state index in [0.717, 1.165) is 7.41 Å². The molecule has 0 aliphatic heterocycles. The molecule has 0 atom stereocenters. The molecule has 3 nitrogen and oxygen atoms in total. The Morgan fingerprint density at radius 1 is 0.667 bits per heavy atom. The molecular formula is C35H48Mo2NO2PS. The molecule has 0 aliphatic carbocycles. The molecule has 7 heteroatoms. The van der Waals surface area contributed by atoms with Gasteiger partial charge in [-0.05, 0) is 0 Å². The zero-order valence-electron chi connectivity index (χ0n) is 27.4. The van der Waals surface area contributed by atoms with E-state index >= 15 is 0 Å². The Labute approximate surface area is 293 Å². The van der Waals surface area contributed by atoms with Crippen LogP contribution in [-0.2, 0) is 79.9 Å². The number of rotatable bonds is 0. The minimum Gasteiger partial charge on any atom is -0.214 e. The van der Waals surface area contributed by atoms with Crippen molar-refractivity contribution in [2.45, 2.75) is 105 Å². The van der Waals surface area contributed by atoms with Crippen molar-refractivity contribution in [2.75, 3.05) is 0 Å². The molecule has 0 amide bonds. The van der Waals surface area contributed by atoms with Crippen molar-refractivity contribution in [1.82, 2.24) is 0 Å². The summed E-state index contributed by atoms with van der Waals surface area (Å²) in [6.45, 7) is 41.7. The first-order valence-corrected chi connectivity index (χ1v) is 14.9. The Morgan fingerprint density at radius 2 is 0.929 bits per heavy atom. The average molecular weight is 770 g/mol. The molecule has 0 bridgehead atoms. The summed E-state index contributed by atoms with van der Waals surface area (Å²) in [7, 11) is 0.958. The van der Waals surface area contributed by atoms with Crippen LogP contribution in [0.25, 0.3) is 4.85 Å². The fraction of sp³-hybridized carbons (Fsp3) is 0.457. The van der Waals surface area contributed by atoms with Crippen molar-refractivity contribution in [3.63, 3.8) is 0 Å². The van der Waals surface area contributed by atoms with Gasteiger partial charge in [-0.3, -0.25) is 7.41 Å². The Morgan fingerprint density at radius 3 is 1.05 bits per heavy atom. The third kappa shape index (κ3) is 24.4. The zero-order chi connectivity index (χ0) is 32.2. The van der Waals surface area contributed by atoms with Crippen LogP contribution < -0.4 is 0 Å². The van der Waals surface area contributed by atoms with E-state index in [1.165, 1.54) is 21.6 Å². The predicted octanol–water partition coefficient (Wildman–Crippen LogP) is 10.7. The Hall–Kier alpha value is -1.08. The van der Waals surface area contributed by atoms with Gasteiger partial charge in [0.15, 0.2) is 0 Å². The second-order valence-electron chi connectivity index (χ2n) is 13.0. The molecule has 0 aromatic heterocycles. The Bertz CT molecular complexity index is 1070. The fourth-order valence-corrected chi connectivity index (χ4v) is 4.54. The first-order valence-electron chi connectivity index (χ1n) is 13.0. The van der Waals surface area contributed by atoms with Crippen molar-refractivity contribution in [2.24, 2.45) is 0 Å². The number of hydrogen-bond acceptors (Lipinski definition) is 1. The fourth-order valence-electron chi connectivity index (χ4n) is 2.95.